The van der Waals surface area contributed by atoms with Gasteiger partial charge in [0.2, 0.25) is 0 Å². The van der Waals surface area contributed by atoms with Crippen LogP contribution in [0.2, 0.25) is 0 Å². The second-order valence-electron chi connectivity index (χ2n) is 9.26. The summed E-state index contributed by atoms with van der Waals surface area (Å²) in [6.45, 7) is 11.5. The zero-order valence-electron chi connectivity index (χ0n) is 17.7. The van der Waals surface area contributed by atoms with Crippen molar-refractivity contribution in [1.29, 1.82) is 0 Å². The molecule has 0 N–H and O–H groups in total. The van der Waals surface area contributed by atoms with E-state index in [-0.39, 0.29) is 0 Å². The van der Waals surface area contributed by atoms with Gasteiger partial charge in [0.25, 0.3) is 0 Å². The van der Waals surface area contributed by atoms with Crippen LogP contribution in [0.1, 0.15) is 78.8 Å². The first-order valence-corrected chi connectivity index (χ1v) is 10.8. The molecule has 4 aromatic rings. The minimum absolute atomic E-state index is 0.354. The lowest BCUT2D eigenvalue weighted by molar-refractivity contribution is 0.801. The summed E-state index contributed by atoms with van der Waals surface area (Å²) >= 11 is 0. The fourth-order valence-corrected chi connectivity index (χ4v) is 5.38. The van der Waals surface area contributed by atoms with E-state index >= 15 is 0 Å². The summed E-state index contributed by atoms with van der Waals surface area (Å²) in [4.78, 5) is 5.16. The van der Waals surface area contributed by atoms with Gasteiger partial charge in [0.05, 0.1) is 16.7 Å². The molecule has 144 valence electrons. The molecule has 0 spiro atoms. The fraction of sp³-hybridized carbons (Fsp3) is 0.296. The molecule has 0 saturated heterocycles. The van der Waals surface area contributed by atoms with Crippen LogP contribution in [-0.4, -0.2) is 9.55 Å². The van der Waals surface area contributed by atoms with Crippen LogP contribution in [0, 0.1) is 6.92 Å². The summed E-state index contributed by atoms with van der Waals surface area (Å²) < 4.78 is 2.47. The van der Waals surface area contributed by atoms with Crippen LogP contribution < -0.4 is 0 Å². The molecular weight excluding hydrogens is 352 g/mol. The third-order valence-electron chi connectivity index (χ3n) is 7.05. The van der Waals surface area contributed by atoms with Crippen molar-refractivity contribution in [3.8, 4) is 17.1 Å². The molecule has 0 aliphatic carbocycles. The van der Waals surface area contributed by atoms with Gasteiger partial charge in [-0.05, 0) is 58.4 Å². The third kappa shape index (κ3) is 2.15. The van der Waals surface area contributed by atoms with Gasteiger partial charge in [-0.15, -0.1) is 0 Å². The quantitative estimate of drug-likeness (QED) is 0.347. The molecule has 0 fully saturated rings. The maximum Gasteiger partial charge on any atom is 0.145 e. The number of hydrogen-bond acceptors (Lipinski definition) is 1. The van der Waals surface area contributed by atoms with E-state index in [0.717, 1.165) is 11.3 Å². The zero-order chi connectivity index (χ0) is 20.0. The molecule has 2 atom stereocenters. The molecule has 29 heavy (non-hydrogen) atoms. The Balaban J connectivity index is 1.87. The molecule has 2 bridgehead atoms. The maximum absolute atomic E-state index is 5.16. The predicted octanol–water partition coefficient (Wildman–Crippen LogP) is 7.05. The molecule has 0 radical (unpaired) electrons. The van der Waals surface area contributed by atoms with E-state index in [2.05, 4.69) is 87.7 Å². The highest BCUT2D eigenvalue weighted by Gasteiger charge is 2.33. The Hall–Kier alpha value is -2.87. The minimum Gasteiger partial charge on any atom is -0.291 e. The van der Waals surface area contributed by atoms with Gasteiger partial charge in [-0.2, -0.15) is 0 Å². The number of nitrogens with zero attached hydrogens (tertiary/aromatic N) is 2. The Morgan fingerprint density at radius 1 is 0.897 bits per heavy atom. The third-order valence-corrected chi connectivity index (χ3v) is 7.05. The number of aromatic nitrogens is 2. The Bertz CT molecular complexity index is 1320. The Morgan fingerprint density at radius 3 is 2.41 bits per heavy atom. The highest BCUT2D eigenvalue weighted by atomic mass is 15.1. The van der Waals surface area contributed by atoms with Gasteiger partial charge < -0.3 is 0 Å². The van der Waals surface area contributed by atoms with Crippen LogP contribution in [0.5, 0.6) is 0 Å². The number of fused-ring (bicyclic) bond motifs is 3. The molecule has 3 aromatic carbocycles. The normalized spacial score (nSPS) is 18.8. The smallest absolute Gasteiger partial charge is 0.145 e. The van der Waals surface area contributed by atoms with Crippen LogP contribution >= 0.6 is 0 Å². The van der Waals surface area contributed by atoms with Crippen molar-refractivity contribution in [2.24, 2.45) is 0 Å². The first-order valence-electron chi connectivity index (χ1n) is 10.8. The Morgan fingerprint density at radius 2 is 1.66 bits per heavy atom. The molecule has 0 saturated carbocycles. The summed E-state index contributed by atoms with van der Waals surface area (Å²) in [6, 6.07) is 18.5. The second kappa shape index (κ2) is 5.60. The monoisotopic (exact) mass is 378 g/mol. The van der Waals surface area contributed by atoms with E-state index in [0.29, 0.717) is 17.8 Å². The van der Waals surface area contributed by atoms with Crippen LogP contribution in [0.4, 0.5) is 0 Å². The summed E-state index contributed by atoms with van der Waals surface area (Å²) in [6.07, 6.45) is 0. The topological polar surface area (TPSA) is 17.8 Å². The Labute approximate surface area is 172 Å². The Kier molecular flexibility index (Phi) is 3.29. The molecule has 0 amide bonds. The molecule has 2 aliphatic rings. The number of imidazole rings is 1. The number of rotatable bonds is 1. The van der Waals surface area contributed by atoms with Crippen molar-refractivity contribution in [3.63, 3.8) is 0 Å². The minimum atomic E-state index is 0.354. The van der Waals surface area contributed by atoms with Gasteiger partial charge in [-0.25, -0.2) is 4.98 Å². The van der Waals surface area contributed by atoms with Gasteiger partial charge in [0, 0.05) is 17.4 Å². The van der Waals surface area contributed by atoms with Crippen molar-refractivity contribution in [3.05, 3.63) is 81.9 Å². The first kappa shape index (κ1) is 17.0. The summed E-state index contributed by atoms with van der Waals surface area (Å²) in [5, 5.41) is 0. The first-order chi connectivity index (χ1) is 13.9. The van der Waals surface area contributed by atoms with Gasteiger partial charge >= 0.3 is 0 Å². The van der Waals surface area contributed by atoms with Crippen LogP contribution in [-0.2, 0) is 0 Å². The molecule has 3 heterocycles. The van der Waals surface area contributed by atoms with E-state index in [1.54, 1.807) is 0 Å². The number of hydrogen-bond donors (Lipinski definition) is 0. The van der Waals surface area contributed by atoms with E-state index < -0.39 is 0 Å². The lowest BCUT2D eigenvalue weighted by atomic mass is 9.79. The molecule has 6 rings (SSSR count). The van der Waals surface area contributed by atoms with Crippen LogP contribution in [0.3, 0.4) is 0 Å². The zero-order valence-corrected chi connectivity index (χ0v) is 17.7. The highest BCUT2D eigenvalue weighted by molar-refractivity contribution is 5.91. The highest BCUT2D eigenvalue weighted by Crippen LogP contribution is 2.48. The van der Waals surface area contributed by atoms with E-state index in [1.807, 2.05) is 0 Å². The van der Waals surface area contributed by atoms with Crippen molar-refractivity contribution in [2.45, 2.75) is 52.4 Å². The fourth-order valence-electron chi connectivity index (χ4n) is 5.38. The molecule has 2 heteroatoms. The average Bonchev–Trinajstić information content (AvgIpc) is 3.09. The van der Waals surface area contributed by atoms with Crippen molar-refractivity contribution < 1.29 is 0 Å². The summed E-state index contributed by atoms with van der Waals surface area (Å²) in [5.41, 5.74) is 13.4. The largest absolute Gasteiger partial charge is 0.291 e. The average molecular weight is 379 g/mol. The van der Waals surface area contributed by atoms with Gasteiger partial charge in [-0.3, -0.25) is 4.57 Å². The second-order valence-corrected chi connectivity index (χ2v) is 9.26. The summed E-state index contributed by atoms with van der Waals surface area (Å²) in [5.74, 6) is 2.31. The lowest BCUT2D eigenvalue weighted by Gasteiger charge is -2.32. The number of aryl methyl sites for hydroxylation is 1. The molecule has 2 aliphatic heterocycles. The summed E-state index contributed by atoms with van der Waals surface area (Å²) in [7, 11) is 0. The van der Waals surface area contributed by atoms with Crippen molar-refractivity contribution in [2.75, 3.05) is 0 Å². The molecule has 1 aromatic heterocycles. The predicted molar refractivity (Wildman–Crippen MR) is 120 cm³/mol. The van der Waals surface area contributed by atoms with Gasteiger partial charge in [0.1, 0.15) is 5.82 Å². The molecule has 2 nitrogen and oxygen atoms in total. The van der Waals surface area contributed by atoms with E-state index in [1.165, 1.54) is 50.1 Å². The van der Waals surface area contributed by atoms with E-state index in [4.69, 9.17) is 4.98 Å². The van der Waals surface area contributed by atoms with E-state index in [9.17, 15) is 0 Å². The van der Waals surface area contributed by atoms with Crippen LogP contribution in [0.25, 0.3) is 28.1 Å². The van der Waals surface area contributed by atoms with Crippen LogP contribution in [0.15, 0.2) is 48.5 Å². The SMILES string of the molecule is Cc1cc2c3c(c1)nc1n3-c3c(cc(C(C)C)cc3C2C)C(C)c2cccc-1c2. The lowest BCUT2D eigenvalue weighted by Crippen LogP contribution is -2.18. The molecular formula is C27H26N2. The van der Waals surface area contributed by atoms with Gasteiger partial charge in [-0.1, -0.05) is 64.1 Å². The maximum atomic E-state index is 5.16. The van der Waals surface area contributed by atoms with Gasteiger partial charge in [0.15, 0.2) is 0 Å². The van der Waals surface area contributed by atoms with Crippen molar-refractivity contribution in [1.82, 2.24) is 9.55 Å². The molecule has 2 unspecified atom stereocenters. The standard InChI is InChI=1S/C27H26N2/c1-14(2)20-12-22-16(4)18-7-6-8-19(11-18)27-28-24-10-15(3)9-21-17(5)23(13-20)25(22)29(27)26(21)24/h6-14,16-17H,1-5H3. The van der Waals surface area contributed by atoms with Crippen molar-refractivity contribution >= 4 is 11.0 Å². The number of benzene rings is 3.